The van der Waals surface area contributed by atoms with Crippen LogP contribution in [0, 0.1) is 18.8 Å². The Labute approximate surface area is 124 Å². The Balaban J connectivity index is 1.82. The lowest BCUT2D eigenvalue weighted by molar-refractivity contribution is -0.0775. The van der Waals surface area contributed by atoms with Crippen molar-refractivity contribution in [1.29, 1.82) is 0 Å². The van der Waals surface area contributed by atoms with Crippen LogP contribution in [-0.4, -0.2) is 50.7 Å². The van der Waals surface area contributed by atoms with Crippen LogP contribution < -0.4 is 4.72 Å². The molecule has 3 rings (SSSR count). The molecule has 1 aromatic rings. The van der Waals surface area contributed by atoms with Crippen molar-refractivity contribution in [2.24, 2.45) is 18.9 Å². The van der Waals surface area contributed by atoms with Crippen molar-refractivity contribution in [3.05, 3.63) is 11.8 Å². The Morgan fingerprint density at radius 3 is 2.95 bits per heavy atom. The molecule has 0 unspecified atom stereocenters. The van der Waals surface area contributed by atoms with Gasteiger partial charge in [-0.1, -0.05) is 0 Å². The molecule has 1 aromatic heterocycles. The largest absolute Gasteiger partial charge is 0.384 e. The molecule has 1 saturated heterocycles. The van der Waals surface area contributed by atoms with E-state index in [0.717, 1.165) is 6.42 Å². The van der Waals surface area contributed by atoms with E-state index in [0.29, 0.717) is 18.8 Å². The highest BCUT2D eigenvalue weighted by molar-refractivity contribution is 7.89. The second-order valence-corrected chi connectivity index (χ2v) is 7.44. The predicted octanol–water partition coefficient (Wildman–Crippen LogP) is 0.0567. The maximum Gasteiger partial charge on any atom is 0.258 e. The first-order chi connectivity index (χ1) is 9.95. The van der Waals surface area contributed by atoms with E-state index in [2.05, 4.69) is 9.82 Å². The second-order valence-electron chi connectivity index (χ2n) is 5.81. The lowest BCUT2D eigenvalue weighted by Gasteiger charge is -2.47. The fourth-order valence-corrected chi connectivity index (χ4v) is 5.24. The molecule has 1 saturated carbocycles. The van der Waals surface area contributed by atoms with Crippen LogP contribution in [0.3, 0.4) is 0 Å². The SMILES string of the molecule is COC[C@@H]1[C@H](NS(=O)(=O)c2c(C)cnn2C)[C@@H]2CCO[C@H]12. The second kappa shape index (κ2) is 5.35. The number of ether oxygens (including phenoxy) is 2. The van der Waals surface area contributed by atoms with Crippen LogP contribution in [0.1, 0.15) is 12.0 Å². The van der Waals surface area contributed by atoms with Gasteiger partial charge in [0.2, 0.25) is 0 Å². The highest BCUT2D eigenvalue weighted by Crippen LogP contribution is 2.44. The maximum absolute atomic E-state index is 12.6. The van der Waals surface area contributed by atoms with E-state index in [1.807, 2.05) is 0 Å². The molecule has 2 aliphatic rings. The van der Waals surface area contributed by atoms with Gasteiger partial charge in [0.1, 0.15) is 0 Å². The fraction of sp³-hybridized carbons (Fsp3) is 0.769. The minimum Gasteiger partial charge on any atom is -0.384 e. The third kappa shape index (κ3) is 2.40. The Kier molecular flexibility index (Phi) is 3.81. The summed E-state index contributed by atoms with van der Waals surface area (Å²) in [6.45, 7) is 2.94. The minimum absolute atomic E-state index is 0.0748. The smallest absolute Gasteiger partial charge is 0.258 e. The summed E-state index contributed by atoms with van der Waals surface area (Å²) in [5, 5.41) is 4.23. The van der Waals surface area contributed by atoms with Crippen LogP contribution in [0.25, 0.3) is 0 Å². The number of fused-ring (bicyclic) bond motifs is 1. The summed E-state index contributed by atoms with van der Waals surface area (Å²) >= 11 is 0. The monoisotopic (exact) mass is 315 g/mol. The summed E-state index contributed by atoms with van der Waals surface area (Å²) in [6, 6.07) is -0.128. The summed E-state index contributed by atoms with van der Waals surface area (Å²) in [5.41, 5.74) is 0.645. The number of aromatic nitrogens is 2. The molecule has 0 aromatic carbocycles. The Bertz CT molecular complexity index is 608. The van der Waals surface area contributed by atoms with E-state index in [1.165, 1.54) is 4.68 Å². The highest BCUT2D eigenvalue weighted by Gasteiger charge is 2.55. The third-order valence-corrected chi connectivity index (χ3v) is 6.17. The Morgan fingerprint density at radius 1 is 1.57 bits per heavy atom. The summed E-state index contributed by atoms with van der Waals surface area (Å²) < 4.78 is 40.3. The van der Waals surface area contributed by atoms with Gasteiger partial charge in [-0.15, -0.1) is 0 Å². The van der Waals surface area contributed by atoms with E-state index in [9.17, 15) is 8.42 Å². The molecule has 21 heavy (non-hydrogen) atoms. The summed E-state index contributed by atoms with van der Waals surface area (Å²) in [4.78, 5) is 0. The Morgan fingerprint density at radius 2 is 2.33 bits per heavy atom. The van der Waals surface area contributed by atoms with Crippen LogP contribution in [0.4, 0.5) is 0 Å². The standard InChI is InChI=1S/C13H21N3O4S/c1-8-6-14-16(2)13(8)21(17,18)15-11-9-4-5-20-12(9)10(11)7-19-3/h6,9-12,15H,4-5,7H2,1-3H3/t9-,10+,11+,12-/m0/s1. The molecule has 2 heterocycles. The van der Waals surface area contributed by atoms with E-state index >= 15 is 0 Å². The summed E-state index contributed by atoms with van der Waals surface area (Å²) in [5.74, 6) is 0.319. The molecule has 0 bridgehead atoms. The average molecular weight is 315 g/mol. The van der Waals surface area contributed by atoms with Crippen LogP contribution in [0.15, 0.2) is 11.2 Å². The molecule has 0 spiro atoms. The quantitative estimate of drug-likeness (QED) is 0.830. The van der Waals surface area contributed by atoms with Crippen molar-refractivity contribution < 1.29 is 17.9 Å². The maximum atomic E-state index is 12.6. The van der Waals surface area contributed by atoms with Crippen molar-refractivity contribution in [2.45, 2.75) is 30.5 Å². The first-order valence-electron chi connectivity index (χ1n) is 7.07. The fourth-order valence-electron chi connectivity index (χ4n) is 3.55. The molecular formula is C13H21N3O4S. The number of sulfonamides is 1. The van der Waals surface area contributed by atoms with Gasteiger partial charge in [0, 0.05) is 44.2 Å². The zero-order valence-corrected chi connectivity index (χ0v) is 13.3. The number of methoxy groups -OCH3 is 1. The number of nitrogens with zero attached hydrogens (tertiary/aromatic N) is 2. The summed E-state index contributed by atoms with van der Waals surface area (Å²) in [7, 11) is -0.329. The van der Waals surface area contributed by atoms with Gasteiger partial charge in [-0.2, -0.15) is 5.10 Å². The van der Waals surface area contributed by atoms with E-state index in [1.54, 1.807) is 27.3 Å². The molecule has 0 amide bonds. The van der Waals surface area contributed by atoms with E-state index in [-0.39, 0.29) is 29.0 Å². The number of rotatable bonds is 5. The van der Waals surface area contributed by atoms with Crippen LogP contribution in [-0.2, 0) is 26.5 Å². The molecule has 2 fully saturated rings. The highest BCUT2D eigenvalue weighted by atomic mass is 32.2. The molecule has 4 atom stereocenters. The Hall–Kier alpha value is -0.960. The average Bonchev–Trinajstić information content (AvgIpc) is 2.98. The minimum atomic E-state index is -3.59. The molecular weight excluding hydrogens is 294 g/mol. The van der Waals surface area contributed by atoms with Crippen molar-refractivity contribution >= 4 is 10.0 Å². The number of hydrogen-bond acceptors (Lipinski definition) is 5. The van der Waals surface area contributed by atoms with Crippen LogP contribution >= 0.6 is 0 Å². The van der Waals surface area contributed by atoms with Gasteiger partial charge in [0.15, 0.2) is 5.03 Å². The molecule has 1 aliphatic carbocycles. The molecule has 118 valence electrons. The van der Waals surface area contributed by atoms with Gasteiger partial charge in [-0.3, -0.25) is 4.68 Å². The van der Waals surface area contributed by atoms with Crippen LogP contribution in [0.2, 0.25) is 0 Å². The number of aryl methyl sites for hydroxylation is 2. The van der Waals surface area contributed by atoms with Gasteiger partial charge in [-0.05, 0) is 13.3 Å². The van der Waals surface area contributed by atoms with Crippen molar-refractivity contribution in [2.75, 3.05) is 20.3 Å². The predicted molar refractivity (Wildman–Crippen MR) is 75.3 cm³/mol. The zero-order chi connectivity index (χ0) is 15.2. The molecule has 1 N–H and O–H groups in total. The molecule has 7 nitrogen and oxygen atoms in total. The van der Waals surface area contributed by atoms with Crippen molar-refractivity contribution in [1.82, 2.24) is 14.5 Å². The zero-order valence-electron chi connectivity index (χ0n) is 12.4. The number of nitrogens with one attached hydrogen (secondary N) is 1. The van der Waals surface area contributed by atoms with Crippen molar-refractivity contribution in [3.8, 4) is 0 Å². The van der Waals surface area contributed by atoms with Gasteiger partial charge < -0.3 is 9.47 Å². The lowest BCUT2D eigenvalue weighted by Crippen LogP contribution is -2.62. The van der Waals surface area contributed by atoms with Gasteiger partial charge in [-0.25, -0.2) is 13.1 Å². The van der Waals surface area contributed by atoms with Gasteiger partial charge in [0.05, 0.1) is 18.9 Å². The molecule has 0 radical (unpaired) electrons. The molecule has 1 aliphatic heterocycles. The first kappa shape index (κ1) is 15.0. The third-order valence-electron chi connectivity index (χ3n) is 4.49. The van der Waals surface area contributed by atoms with Crippen LogP contribution in [0.5, 0.6) is 0 Å². The lowest BCUT2D eigenvalue weighted by atomic mass is 9.68. The molecule has 8 heteroatoms. The van der Waals surface area contributed by atoms with Crippen molar-refractivity contribution in [3.63, 3.8) is 0 Å². The van der Waals surface area contributed by atoms with E-state index < -0.39 is 10.0 Å². The topological polar surface area (TPSA) is 82.5 Å². The normalized spacial score (nSPS) is 32.0. The van der Waals surface area contributed by atoms with Gasteiger partial charge >= 0.3 is 0 Å². The summed E-state index contributed by atoms with van der Waals surface area (Å²) in [6.07, 6.45) is 2.57. The van der Waals surface area contributed by atoms with E-state index in [4.69, 9.17) is 9.47 Å². The first-order valence-corrected chi connectivity index (χ1v) is 8.55. The number of hydrogen-bond donors (Lipinski definition) is 1. The van der Waals surface area contributed by atoms with Gasteiger partial charge in [0.25, 0.3) is 10.0 Å².